The predicted molar refractivity (Wildman–Crippen MR) is 98.6 cm³/mol. The molecule has 3 heteroatoms. The normalized spacial score (nSPS) is 18.8. The molecule has 22 heavy (non-hydrogen) atoms. The molecule has 0 aromatic rings. The van der Waals surface area contributed by atoms with E-state index in [9.17, 15) is 0 Å². The van der Waals surface area contributed by atoms with Crippen molar-refractivity contribution in [2.75, 3.05) is 20.7 Å². The Morgan fingerprint density at radius 1 is 0.818 bits per heavy atom. The first-order valence-electron chi connectivity index (χ1n) is 8.92. The first kappa shape index (κ1) is 21.9. The number of hydrogen-bond donors (Lipinski definition) is 2. The van der Waals surface area contributed by atoms with E-state index >= 15 is 0 Å². The molecule has 0 aromatic heterocycles. The summed E-state index contributed by atoms with van der Waals surface area (Å²) in [6.45, 7) is 19.0. The van der Waals surface area contributed by atoms with Gasteiger partial charge >= 0.3 is 0 Å². The lowest BCUT2D eigenvalue weighted by Gasteiger charge is -2.48. The lowest BCUT2D eigenvalue weighted by molar-refractivity contribution is -0.127. The molecular weight excluding hydrogens is 272 g/mol. The fraction of sp³-hybridized carbons (Fsp3) is 1.00. The van der Waals surface area contributed by atoms with Gasteiger partial charge in [0.1, 0.15) is 0 Å². The van der Waals surface area contributed by atoms with Crippen LogP contribution >= 0.6 is 0 Å². The van der Waals surface area contributed by atoms with E-state index in [-0.39, 0.29) is 22.1 Å². The Hall–Kier alpha value is -0.120. The van der Waals surface area contributed by atoms with Crippen LogP contribution in [-0.4, -0.2) is 37.4 Å². The Kier molecular flexibility index (Phi) is 8.08. The van der Waals surface area contributed by atoms with Crippen LogP contribution in [0.2, 0.25) is 0 Å². The van der Waals surface area contributed by atoms with E-state index in [1.165, 1.54) is 0 Å². The van der Waals surface area contributed by atoms with Crippen LogP contribution in [0.25, 0.3) is 0 Å². The highest BCUT2D eigenvalue weighted by atomic mass is 16.5. The Balaban J connectivity index is 4.95. The summed E-state index contributed by atoms with van der Waals surface area (Å²) in [7, 11) is 4.09. The maximum Gasteiger partial charge on any atom is 0.0703 e. The average molecular weight is 315 g/mol. The molecule has 0 radical (unpaired) electrons. The molecule has 0 heterocycles. The molecular formula is C19H42N2O. The highest BCUT2D eigenvalue weighted by molar-refractivity contribution is 4.97. The second-order valence-corrected chi connectivity index (χ2v) is 8.54. The van der Waals surface area contributed by atoms with Crippen molar-refractivity contribution in [3.8, 4) is 0 Å². The average Bonchev–Trinajstić information content (AvgIpc) is 2.46. The van der Waals surface area contributed by atoms with Crippen LogP contribution in [0.4, 0.5) is 0 Å². The molecule has 0 fully saturated rings. The van der Waals surface area contributed by atoms with E-state index in [0.717, 1.165) is 32.3 Å². The van der Waals surface area contributed by atoms with Gasteiger partial charge in [-0.15, -0.1) is 0 Å². The van der Waals surface area contributed by atoms with Crippen molar-refractivity contribution in [3.63, 3.8) is 0 Å². The Bertz CT molecular complexity index is 321. The summed E-state index contributed by atoms with van der Waals surface area (Å²) in [6, 6.07) is 0. The summed E-state index contributed by atoms with van der Waals surface area (Å²) in [5.41, 5.74) is 0.290. The summed E-state index contributed by atoms with van der Waals surface area (Å²) in [5.74, 6) is 0. The second-order valence-electron chi connectivity index (χ2n) is 8.54. The highest BCUT2D eigenvalue weighted by Crippen LogP contribution is 2.43. The van der Waals surface area contributed by atoms with Crippen molar-refractivity contribution >= 4 is 0 Å². The lowest BCUT2D eigenvalue weighted by atomic mass is 9.67. The Labute approximate surface area is 140 Å². The largest absolute Gasteiger partial charge is 0.375 e. The molecule has 0 saturated heterocycles. The molecule has 0 bridgehead atoms. The fourth-order valence-electron chi connectivity index (χ4n) is 2.98. The third-order valence-corrected chi connectivity index (χ3v) is 6.15. The van der Waals surface area contributed by atoms with E-state index in [2.05, 4.69) is 73.1 Å². The number of rotatable bonds is 11. The van der Waals surface area contributed by atoms with E-state index < -0.39 is 0 Å². The molecule has 2 unspecified atom stereocenters. The smallest absolute Gasteiger partial charge is 0.0703 e. The van der Waals surface area contributed by atoms with E-state index in [4.69, 9.17) is 4.74 Å². The third kappa shape index (κ3) is 5.82. The van der Waals surface area contributed by atoms with Crippen LogP contribution in [0.1, 0.15) is 81.1 Å². The monoisotopic (exact) mass is 314 g/mol. The number of ether oxygens (including phenoxy) is 1. The predicted octanol–water partition coefficient (Wildman–Crippen LogP) is 4.36. The molecule has 0 aliphatic carbocycles. The van der Waals surface area contributed by atoms with E-state index in [1.807, 2.05) is 7.05 Å². The van der Waals surface area contributed by atoms with Crippen molar-refractivity contribution in [1.29, 1.82) is 0 Å². The molecule has 0 saturated carbocycles. The molecule has 0 amide bonds. The molecule has 0 rings (SSSR count). The standard InChI is InChI=1S/C19H42N2O/c1-11-18(7,21-10)15-16(3,4)19(8,12-2)22-14-13-17(5,6)20-9/h20-21H,11-15H2,1-10H3. The van der Waals surface area contributed by atoms with Crippen LogP contribution in [0.15, 0.2) is 0 Å². The van der Waals surface area contributed by atoms with Crippen molar-refractivity contribution in [2.24, 2.45) is 5.41 Å². The van der Waals surface area contributed by atoms with Crippen molar-refractivity contribution in [1.82, 2.24) is 10.6 Å². The molecule has 134 valence electrons. The minimum Gasteiger partial charge on any atom is -0.375 e. The van der Waals surface area contributed by atoms with Gasteiger partial charge in [0, 0.05) is 17.7 Å². The van der Waals surface area contributed by atoms with Gasteiger partial charge in [0.15, 0.2) is 0 Å². The van der Waals surface area contributed by atoms with Crippen LogP contribution in [0.5, 0.6) is 0 Å². The van der Waals surface area contributed by atoms with Gasteiger partial charge in [-0.25, -0.2) is 0 Å². The van der Waals surface area contributed by atoms with Gasteiger partial charge in [0.2, 0.25) is 0 Å². The van der Waals surface area contributed by atoms with E-state index in [1.54, 1.807) is 0 Å². The first-order chi connectivity index (χ1) is 9.91. The quantitative estimate of drug-likeness (QED) is 0.594. The lowest BCUT2D eigenvalue weighted by Crippen LogP contribution is -2.52. The minimum absolute atomic E-state index is 0.107. The van der Waals surface area contributed by atoms with Gasteiger partial charge in [-0.3, -0.25) is 0 Å². The third-order valence-electron chi connectivity index (χ3n) is 6.15. The van der Waals surface area contributed by atoms with Crippen molar-refractivity contribution in [3.05, 3.63) is 0 Å². The molecule has 2 N–H and O–H groups in total. The van der Waals surface area contributed by atoms with Crippen LogP contribution in [0, 0.1) is 5.41 Å². The highest BCUT2D eigenvalue weighted by Gasteiger charge is 2.44. The van der Waals surface area contributed by atoms with Gasteiger partial charge in [-0.1, -0.05) is 27.7 Å². The maximum absolute atomic E-state index is 6.45. The minimum atomic E-state index is -0.107. The van der Waals surface area contributed by atoms with Gasteiger partial charge in [0.25, 0.3) is 0 Å². The first-order valence-corrected chi connectivity index (χ1v) is 8.92. The molecule has 0 aromatic carbocycles. The fourth-order valence-corrected chi connectivity index (χ4v) is 2.98. The Morgan fingerprint density at radius 3 is 1.73 bits per heavy atom. The Morgan fingerprint density at radius 2 is 1.36 bits per heavy atom. The molecule has 3 nitrogen and oxygen atoms in total. The number of hydrogen-bond acceptors (Lipinski definition) is 3. The van der Waals surface area contributed by atoms with Crippen LogP contribution in [-0.2, 0) is 4.74 Å². The summed E-state index contributed by atoms with van der Waals surface area (Å²) in [5, 5.41) is 6.86. The van der Waals surface area contributed by atoms with Crippen molar-refractivity contribution < 1.29 is 4.74 Å². The molecule has 0 aliphatic heterocycles. The molecule has 0 aliphatic rings. The second kappa shape index (κ2) is 8.12. The van der Waals surface area contributed by atoms with Gasteiger partial charge in [-0.2, -0.15) is 0 Å². The zero-order valence-corrected chi connectivity index (χ0v) is 16.9. The van der Waals surface area contributed by atoms with Gasteiger partial charge in [-0.05, 0) is 72.9 Å². The summed E-state index contributed by atoms with van der Waals surface area (Å²) < 4.78 is 6.45. The number of nitrogens with one attached hydrogen (secondary N) is 2. The summed E-state index contributed by atoms with van der Waals surface area (Å²) in [4.78, 5) is 0. The SMILES string of the molecule is CCC(C)(CC(C)(C)C(C)(CC)OCCC(C)(C)NC)NC. The van der Waals surface area contributed by atoms with Gasteiger partial charge in [0.05, 0.1) is 5.60 Å². The van der Waals surface area contributed by atoms with Gasteiger partial charge < -0.3 is 15.4 Å². The molecule has 0 spiro atoms. The molecule has 2 atom stereocenters. The van der Waals surface area contributed by atoms with E-state index in [0.29, 0.717) is 0 Å². The zero-order valence-electron chi connectivity index (χ0n) is 16.9. The van der Waals surface area contributed by atoms with Crippen LogP contribution in [0.3, 0.4) is 0 Å². The van der Waals surface area contributed by atoms with Crippen LogP contribution < -0.4 is 10.6 Å². The zero-order chi connectivity index (χ0) is 17.7. The summed E-state index contributed by atoms with van der Waals surface area (Å²) >= 11 is 0. The maximum atomic E-state index is 6.45. The van der Waals surface area contributed by atoms with Crippen molar-refractivity contribution in [2.45, 2.75) is 97.8 Å². The summed E-state index contributed by atoms with van der Waals surface area (Å²) in [6.07, 6.45) is 4.28. The topological polar surface area (TPSA) is 33.3 Å².